The molecule has 2 nitrogen and oxygen atoms in total. The second-order valence-corrected chi connectivity index (χ2v) is 3.00. The van der Waals surface area contributed by atoms with Crippen molar-refractivity contribution in [1.82, 2.24) is 4.98 Å². The number of nitrogens with zero attached hydrogens (tertiary/aromatic N) is 1. The van der Waals surface area contributed by atoms with Gasteiger partial charge >= 0.3 is 17.1 Å². The van der Waals surface area contributed by atoms with Gasteiger partial charge in [0.15, 0.2) is 0 Å². The first-order valence-electron chi connectivity index (χ1n) is 5.11. The number of pyridine rings is 1. The molecule has 0 saturated heterocycles. The molecule has 0 amide bonds. The van der Waals surface area contributed by atoms with Crippen molar-refractivity contribution in [3.05, 3.63) is 73.4 Å². The van der Waals surface area contributed by atoms with Crippen LogP contribution in [0.2, 0.25) is 0 Å². The molecule has 0 fully saturated rings. The largest absolute Gasteiger partial charge is 2.00 e. The summed E-state index contributed by atoms with van der Waals surface area (Å²) in [5, 5.41) is 0. The molecule has 1 heterocycles. The molecule has 0 aliphatic carbocycles. The molecule has 2 aromatic rings. The predicted molar refractivity (Wildman–Crippen MR) is 64.5 cm³/mol. The fourth-order valence-corrected chi connectivity index (χ4v) is 1.04. The Balaban J connectivity index is 0.000000316. The average Bonchev–Trinajstić information content (AvgIpc) is 2.40. The van der Waals surface area contributed by atoms with E-state index in [-0.39, 0.29) is 17.1 Å². The summed E-state index contributed by atoms with van der Waals surface area (Å²) < 4.78 is 5.11. The van der Waals surface area contributed by atoms with Crippen LogP contribution in [0, 0.1) is 13.1 Å². The maximum Gasteiger partial charge on any atom is 2.00 e. The molecule has 1 aromatic carbocycles. The van der Waals surface area contributed by atoms with Crippen LogP contribution in [0.5, 0.6) is 0 Å². The Morgan fingerprint density at radius 1 is 1.12 bits per heavy atom. The molecular formula is C14H15CuNO. The Hall–Kier alpha value is -1.15. The number of rotatable bonds is 3. The van der Waals surface area contributed by atoms with Crippen molar-refractivity contribution >= 4 is 0 Å². The standard InChI is InChI=1S/C9H11O.C5H4N.Cu/c1-2-10-8-9-6-4-3-5-7-9;1-2-4-6-5-3-1;/h3-7H,1-2,8H2;1-4H;/q2*-1;+2. The molecule has 17 heavy (non-hydrogen) atoms. The normalized spacial score (nSPS) is 8.53. The van der Waals surface area contributed by atoms with E-state index >= 15 is 0 Å². The summed E-state index contributed by atoms with van der Waals surface area (Å²) >= 11 is 0. The summed E-state index contributed by atoms with van der Waals surface area (Å²) in [5.74, 6) is 0. The van der Waals surface area contributed by atoms with Crippen LogP contribution in [0.1, 0.15) is 5.56 Å². The number of benzene rings is 1. The average molecular weight is 277 g/mol. The fraction of sp³-hybridized carbons (Fsp3) is 0.143. The first-order chi connectivity index (χ1) is 7.93. The molecule has 0 saturated carbocycles. The van der Waals surface area contributed by atoms with Crippen LogP contribution in [0.3, 0.4) is 0 Å². The van der Waals surface area contributed by atoms with Gasteiger partial charge in [0, 0.05) is 0 Å². The Morgan fingerprint density at radius 3 is 2.29 bits per heavy atom. The zero-order chi connectivity index (χ0) is 11.5. The predicted octanol–water partition coefficient (Wildman–Crippen LogP) is 2.92. The molecule has 0 aliphatic heterocycles. The molecular weight excluding hydrogens is 262 g/mol. The molecule has 0 N–H and O–H groups in total. The number of aromatic nitrogens is 1. The fourth-order valence-electron chi connectivity index (χ4n) is 1.04. The first-order valence-corrected chi connectivity index (χ1v) is 5.11. The quantitative estimate of drug-likeness (QED) is 0.635. The Labute approximate surface area is 114 Å². The second-order valence-electron chi connectivity index (χ2n) is 3.00. The van der Waals surface area contributed by atoms with E-state index in [9.17, 15) is 0 Å². The number of hydrogen-bond acceptors (Lipinski definition) is 2. The molecule has 2 rings (SSSR count). The monoisotopic (exact) mass is 276 g/mol. The Morgan fingerprint density at radius 2 is 1.88 bits per heavy atom. The van der Waals surface area contributed by atoms with Crippen molar-refractivity contribution in [3.63, 3.8) is 0 Å². The summed E-state index contributed by atoms with van der Waals surface area (Å²) in [7, 11) is 0. The van der Waals surface area contributed by atoms with Crippen LogP contribution in [-0.2, 0) is 28.4 Å². The van der Waals surface area contributed by atoms with Crippen LogP contribution in [0.25, 0.3) is 0 Å². The van der Waals surface area contributed by atoms with E-state index in [1.807, 2.05) is 42.5 Å². The van der Waals surface area contributed by atoms with Gasteiger partial charge in [-0.1, -0.05) is 49.3 Å². The SMILES string of the molecule is [CH2-]COCc1ccccc1.[Cu+2].[c-]1ccccn1. The molecule has 0 aliphatic rings. The topological polar surface area (TPSA) is 22.1 Å². The minimum absolute atomic E-state index is 0. The van der Waals surface area contributed by atoms with Crippen molar-refractivity contribution in [2.24, 2.45) is 0 Å². The molecule has 0 spiro atoms. The van der Waals surface area contributed by atoms with Crippen LogP contribution in [-0.4, -0.2) is 11.6 Å². The van der Waals surface area contributed by atoms with E-state index in [1.165, 1.54) is 5.56 Å². The molecule has 1 radical (unpaired) electrons. The maximum atomic E-state index is 5.11. The molecule has 0 unspecified atom stereocenters. The number of hydrogen-bond donors (Lipinski definition) is 0. The van der Waals surface area contributed by atoms with Crippen LogP contribution < -0.4 is 0 Å². The van der Waals surface area contributed by atoms with E-state index in [2.05, 4.69) is 18.1 Å². The van der Waals surface area contributed by atoms with E-state index in [0.717, 1.165) is 0 Å². The van der Waals surface area contributed by atoms with Gasteiger partial charge in [-0.2, -0.15) is 18.2 Å². The summed E-state index contributed by atoms with van der Waals surface area (Å²) in [6.07, 6.45) is 4.34. The van der Waals surface area contributed by atoms with Crippen LogP contribution in [0.4, 0.5) is 0 Å². The molecule has 3 heteroatoms. The summed E-state index contributed by atoms with van der Waals surface area (Å²) in [5.41, 5.74) is 1.20. The van der Waals surface area contributed by atoms with Crippen molar-refractivity contribution in [2.75, 3.05) is 6.61 Å². The Kier molecular flexibility index (Phi) is 10.6. The van der Waals surface area contributed by atoms with Gasteiger partial charge < -0.3 is 16.6 Å². The smallest absolute Gasteiger partial charge is 0.409 e. The zero-order valence-electron chi connectivity index (χ0n) is 9.47. The van der Waals surface area contributed by atoms with Gasteiger partial charge in [0.2, 0.25) is 0 Å². The third kappa shape index (κ3) is 8.64. The van der Waals surface area contributed by atoms with E-state index in [0.29, 0.717) is 13.2 Å². The number of ether oxygens (including phenoxy) is 1. The summed E-state index contributed by atoms with van der Waals surface area (Å²) in [6.45, 7) is 4.79. The van der Waals surface area contributed by atoms with E-state index in [1.54, 1.807) is 12.3 Å². The molecule has 0 atom stereocenters. The second kappa shape index (κ2) is 11.3. The minimum atomic E-state index is 0. The van der Waals surface area contributed by atoms with Gasteiger partial charge in [0.1, 0.15) is 0 Å². The zero-order valence-corrected chi connectivity index (χ0v) is 10.4. The van der Waals surface area contributed by atoms with Gasteiger partial charge in [-0.05, 0) is 5.56 Å². The van der Waals surface area contributed by atoms with Crippen molar-refractivity contribution < 1.29 is 21.8 Å². The molecule has 0 bridgehead atoms. The van der Waals surface area contributed by atoms with Crippen molar-refractivity contribution in [3.8, 4) is 0 Å². The van der Waals surface area contributed by atoms with Crippen LogP contribution in [0.15, 0.2) is 54.7 Å². The third-order valence-electron chi connectivity index (χ3n) is 1.77. The van der Waals surface area contributed by atoms with Crippen molar-refractivity contribution in [2.45, 2.75) is 6.61 Å². The minimum Gasteiger partial charge on any atom is -0.409 e. The van der Waals surface area contributed by atoms with Crippen molar-refractivity contribution in [1.29, 1.82) is 0 Å². The van der Waals surface area contributed by atoms with E-state index in [4.69, 9.17) is 4.74 Å². The van der Waals surface area contributed by atoms with E-state index < -0.39 is 0 Å². The van der Waals surface area contributed by atoms with Gasteiger partial charge in [-0.25, -0.2) is 0 Å². The summed E-state index contributed by atoms with van der Waals surface area (Å²) in [4.78, 5) is 3.66. The maximum absolute atomic E-state index is 5.11. The van der Waals surface area contributed by atoms with Gasteiger partial charge in [0.05, 0.1) is 6.61 Å². The third-order valence-corrected chi connectivity index (χ3v) is 1.77. The van der Waals surface area contributed by atoms with Gasteiger partial charge in [-0.3, -0.25) is 0 Å². The van der Waals surface area contributed by atoms with Gasteiger partial charge in [-0.15, -0.1) is 0 Å². The van der Waals surface area contributed by atoms with Crippen LogP contribution >= 0.6 is 0 Å². The van der Waals surface area contributed by atoms with Gasteiger partial charge in [0.25, 0.3) is 0 Å². The Bertz CT molecular complexity index is 326. The summed E-state index contributed by atoms with van der Waals surface area (Å²) in [6, 6.07) is 15.6. The molecule has 1 aromatic heterocycles. The first kappa shape index (κ1) is 15.8. The molecule has 93 valence electrons.